The fourth-order valence-electron chi connectivity index (χ4n) is 3.38. The molecule has 150 valence electrons. The molecule has 1 fully saturated rings. The highest BCUT2D eigenvalue weighted by Crippen LogP contribution is 2.36. The molecule has 0 spiro atoms. The Morgan fingerprint density at radius 2 is 1.81 bits per heavy atom. The molecule has 0 aromatic heterocycles. The Morgan fingerprint density at radius 3 is 2.37 bits per heavy atom. The van der Waals surface area contributed by atoms with Crippen LogP contribution in [0.2, 0.25) is 0 Å². The first kappa shape index (κ1) is 21.2. The van der Waals surface area contributed by atoms with Gasteiger partial charge in [0.25, 0.3) is 0 Å². The SMILES string of the molecule is CCOC(=O)CC1OC(C)(C)N(C(=O)OC(C)(C)C)C1Cc1ccccc1. The zero-order chi connectivity index (χ0) is 20.2. The topological polar surface area (TPSA) is 65.1 Å². The Balaban J connectivity index is 2.31. The van der Waals surface area contributed by atoms with E-state index in [2.05, 4.69) is 0 Å². The number of esters is 1. The second kappa shape index (κ2) is 8.30. The third kappa shape index (κ3) is 5.70. The van der Waals surface area contributed by atoms with Gasteiger partial charge in [0.15, 0.2) is 0 Å². The van der Waals surface area contributed by atoms with Crippen molar-refractivity contribution in [3.63, 3.8) is 0 Å². The maximum Gasteiger partial charge on any atom is 0.412 e. The fourth-order valence-corrected chi connectivity index (χ4v) is 3.38. The normalized spacial score (nSPS) is 21.8. The van der Waals surface area contributed by atoms with E-state index in [1.807, 2.05) is 65.0 Å². The predicted molar refractivity (Wildman–Crippen MR) is 102 cm³/mol. The second-order valence-electron chi connectivity index (χ2n) is 8.22. The fraction of sp³-hybridized carbons (Fsp3) is 0.619. The van der Waals surface area contributed by atoms with Gasteiger partial charge in [-0.2, -0.15) is 0 Å². The Hall–Kier alpha value is -2.08. The average molecular weight is 377 g/mol. The van der Waals surface area contributed by atoms with E-state index < -0.39 is 23.5 Å². The summed E-state index contributed by atoms with van der Waals surface area (Å²) in [5, 5.41) is 0. The van der Waals surface area contributed by atoms with Crippen molar-refractivity contribution in [1.82, 2.24) is 4.90 Å². The predicted octanol–water partition coefficient (Wildman–Crippen LogP) is 3.92. The van der Waals surface area contributed by atoms with Gasteiger partial charge in [0.05, 0.1) is 25.2 Å². The van der Waals surface area contributed by atoms with Gasteiger partial charge in [-0.25, -0.2) is 4.79 Å². The molecule has 0 N–H and O–H groups in total. The molecule has 6 heteroatoms. The number of hydrogen-bond acceptors (Lipinski definition) is 5. The van der Waals surface area contributed by atoms with Crippen LogP contribution in [-0.4, -0.2) is 47.0 Å². The van der Waals surface area contributed by atoms with Crippen LogP contribution in [0.1, 0.15) is 53.5 Å². The van der Waals surface area contributed by atoms with Crippen LogP contribution in [0.3, 0.4) is 0 Å². The molecule has 1 heterocycles. The average Bonchev–Trinajstić information content (AvgIpc) is 2.76. The highest BCUT2D eigenvalue weighted by molar-refractivity contribution is 5.72. The highest BCUT2D eigenvalue weighted by Gasteiger charge is 2.51. The van der Waals surface area contributed by atoms with E-state index in [0.29, 0.717) is 13.0 Å². The summed E-state index contributed by atoms with van der Waals surface area (Å²) in [6.45, 7) is 11.2. The Bertz CT molecular complexity index is 650. The third-order valence-electron chi connectivity index (χ3n) is 4.33. The lowest BCUT2D eigenvalue weighted by Crippen LogP contribution is -2.51. The van der Waals surface area contributed by atoms with Crippen molar-refractivity contribution < 1.29 is 23.8 Å². The first-order valence-corrected chi connectivity index (χ1v) is 9.43. The standard InChI is InChI=1S/C21H31NO5/c1-7-25-18(23)14-17-16(13-15-11-9-8-10-12-15)22(21(5,6)26-17)19(24)27-20(2,3)4/h8-12,16-17H,7,13-14H2,1-6H3. The quantitative estimate of drug-likeness (QED) is 0.728. The van der Waals surface area contributed by atoms with Crippen LogP contribution < -0.4 is 0 Å². The molecule has 0 bridgehead atoms. The number of nitrogens with zero attached hydrogens (tertiary/aromatic N) is 1. The molecule has 1 aliphatic rings. The van der Waals surface area contributed by atoms with Gasteiger partial charge in [-0.05, 0) is 53.5 Å². The molecular weight excluding hydrogens is 346 g/mol. The largest absolute Gasteiger partial charge is 0.466 e. The van der Waals surface area contributed by atoms with E-state index in [1.165, 1.54) is 0 Å². The number of hydrogen-bond donors (Lipinski definition) is 0. The van der Waals surface area contributed by atoms with Crippen molar-refractivity contribution in [3.8, 4) is 0 Å². The lowest BCUT2D eigenvalue weighted by atomic mass is 9.98. The maximum absolute atomic E-state index is 12.9. The minimum Gasteiger partial charge on any atom is -0.466 e. The molecule has 0 saturated carbocycles. The second-order valence-corrected chi connectivity index (χ2v) is 8.22. The molecule has 1 amide bonds. The van der Waals surface area contributed by atoms with Gasteiger partial charge in [-0.3, -0.25) is 9.69 Å². The van der Waals surface area contributed by atoms with Crippen molar-refractivity contribution in [2.75, 3.05) is 6.61 Å². The Labute approximate surface area is 161 Å². The van der Waals surface area contributed by atoms with Crippen LogP contribution in [0, 0.1) is 0 Å². The van der Waals surface area contributed by atoms with E-state index in [9.17, 15) is 9.59 Å². The van der Waals surface area contributed by atoms with Crippen LogP contribution in [0.15, 0.2) is 30.3 Å². The van der Waals surface area contributed by atoms with E-state index >= 15 is 0 Å². The lowest BCUT2D eigenvalue weighted by Gasteiger charge is -2.35. The van der Waals surface area contributed by atoms with Gasteiger partial charge in [0.1, 0.15) is 11.3 Å². The van der Waals surface area contributed by atoms with Crippen molar-refractivity contribution >= 4 is 12.1 Å². The lowest BCUT2D eigenvalue weighted by molar-refractivity contribution is -0.147. The van der Waals surface area contributed by atoms with E-state index in [4.69, 9.17) is 14.2 Å². The molecule has 6 nitrogen and oxygen atoms in total. The zero-order valence-corrected chi connectivity index (χ0v) is 17.2. The Morgan fingerprint density at radius 1 is 1.19 bits per heavy atom. The molecule has 1 aliphatic heterocycles. The number of carbonyl (C=O) groups excluding carboxylic acids is 2. The molecule has 0 aliphatic carbocycles. The van der Waals surface area contributed by atoms with E-state index in [1.54, 1.807) is 11.8 Å². The van der Waals surface area contributed by atoms with Gasteiger partial charge in [-0.15, -0.1) is 0 Å². The maximum atomic E-state index is 12.9. The van der Waals surface area contributed by atoms with Crippen molar-refractivity contribution in [1.29, 1.82) is 0 Å². The molecule has 0 radical (unpaired) electrons. The van der Waals surface area contributed by atoms with E-state index in [-0.39, 0.29) is 18.4 Å². The molecule has 1 saturated heterocycles. The van der Waals surface area contributed by atoms with Gasteiger partial charge in [0.2, 0.25) is 0 Å². The van der Waals surface area contributed by atoms with Gasteiger partial charge < -0.3 is 14.2 Å². The molecule has 2 unspecified atom stereocenters. The summed E-state index contributed by atoms with van der Waals surface area (Å²) >= 11 is 0. The van der Waals surface area contributed by atoms with Crippen LogP contribution >= 0.6 is 0 Å². The van der Waals surface area contributed by atoms with Crippen LogP contribution in [0.4, 0.5) is 4.79 Å². The highest BCUT2D eigenvalue weighted by atomic mass is 16.6. The summed E-state index contributed by atoms with van der Waals surface area (Å²) in [5.74, 6) is -0.331. The summed E-state index contributed by atoms with van der Waals surface area (Å²) in [6.07, 6.45) is -0.256. The number of benzene rings is 1. The number of amides is 1. The first-order chi connectivity index (χ1) is 12.5. The smallest absolute Gasteiger partial charge is 0.412 e. The van der Waals surface area contributed by atoms with Gasteiger partial charge in [0, 0.05) is 0 Å². The number of rotatable bonds is 5. The zero-order valence-electron chi connectivity index (χ0n) is 17.2. The van der Waals surface area contributed by atoms with Crippen LogP contribution in [0.5, 0.6) is 0 Å². The number of carbonyl (C=O) groups is 2. The number of ether oxygens (including phenoxy) is 3. The van der Waals surface area contributed by atoms with Crippen molar-refractivity contribution in [3.05, 3.63) is 35.9 Å². The summed E-state index contributed by atoms with van der Waals surface area (Å²) < 4.78 is 16.8. The van der Waals surface area contributed by atoms with Crippen LogP contribution in [-0.2, 0) is 25.4 Å². The summed E-state index contributed by atoms with van der Waals surface area (Å²) in [5.41, 5.74) is -0.450. The minimum absolute atomic E-state index is 0.0913. The molecule has 1 aromatic carbocycles. The monoisotopic (exact) mass is 377 g/mol. The molecule has 2 atom stereocenters. The van der Waals surface area contributed by atoms with Gasteiger partial charge in [-0.1, -0.05) is 30.3 Å². The summed E-state index contributed by atoms with van der Waals surface area (Å²) in [6, 6.07) is 9.52. The summed E-state index contributed by atoms with van der Waals surface area (Å²) in [4.78, 5) is 26.6. The van der Waals surface area contributed by atoms with Crippen molar-refractivity contribution in [2.45, 2.75) is 77.9 Å². The van der Waals surface area contributed by atoms with Crippen molar-refractivity contribution in [2.24, 2.45) is 0 Å². The molecule has 27 heavy (non-hydrogen) atoms. The third-order valence-corrected chi connectivity index (χ3v) is 4.33. The molecule has 1 aromatic rings. The molecular formula is C21H31NO5. The Kier molecular flexibility index (Phi) is 6.52. The van der Waals surface area contributed by atoms with Gasteiger partial charge >= 0.3 is 12.1 Å². The van der Waals surface area contributed by atoms with Crippen LogP contribution in [0.25, 0.3) is 0 Å². The first-order valence-electron chi connectivity index (χ1n) is 9.43. The summed E-state index contributed by atoms with van der Waals surface area (Å²) in [7, 11) is 0. The minimum atomic E-state index is -0.890. The molecule has 2 rings (SSSR count). The van der Waals surface area contributed by atoms with E-state index in [0.717, 1.165) is 5.56 Å².